The standard InChI is InChI=1S/C18H26ClN3O/c19-17-9-5-4-6-15(17)14-20-18(23)22-12-10-21(11-13-22)16-7-2-1-3-8-16/h4-6,9,16H,1-3,7-8,10-14H2,(H,20,23). The van der Waals surface area contributed by atoms with Crippen LogP contribution in [0.15, 0.2) is 24.3 Å². The molecule has 1 aliphatic carbocycles. The Morgan fingerprint density at radius 3 is 2.48 bits per heavy atom. The third-order valence-corrected chi connectivity index (χ3v) is 5.45. The Morgan fingerprint density at radius 1 is 1.09 bits per heavy atom. The first-order valence-corrected chi connectivity index (χ1v) is 9.12. The van der Waals surface area contributed by atoms with Crippen molar-refractivity contribution in [1.82, 2.24) is 15.1 Å². The summed E-state index contributed by atoms with van der Waals surface area (Å²) in [6.45, 7) is 4.14. The Bertz CT molecular complexity index is 523. The summed E-state index contributed by atoms with van der Waals surface area (Å²) < 4.78 is 0. The van der Waals surface area contributed by atoms with Gasteiger partial charge in [0.25, 0.3) is 0 Å². The van der Waals surface area contributed by atoms with E-state index in [1.807, 2.05) is 29.2 Å². The van der Waals surface area contributed by atoms with E-state index in [1.165, 1.54) is 32.1 Å². The van der Waals surface area contributed by atoms with Crippen molar-refractivity contribution in [2.75, 3.05) is 26.2 Å². The average molecular weight is 336 g/mol. The highest BCUT2D eigenvalue weighted by Crippen LogP contribution is 2.23. The molecular formula is C18H26ClN3O. The lowest BCUT2D eigenvalue weighted by Gasteiger charge is -2.40. The lowest BCUT2D eigenvalue weighted by molar-refractivity contribution is 0.0905. The Labute approximate surface area is 143 Å². The van der Waals surface area contributed by atoms with Gasteiger partial charge in [-0.25, -0.2) is 4.79 Å². The summed E-state index contributed by atoms with van der Waals surface area (Å²) in [6.07, 6.45) is 6.78. The van der Waals surface area contributed by atoms with Gasteiger partial charge in [0.15, 0.2) is 0 Å². The van der Waals surface area contributed by atoms with Gasteiger partial charge in [-0.1, -0.05) is 49.1 Å². The van der Waals surface area contributed by atoms with Gasteiger partial charge in [-0.3, -0.25) is 4.90 Å². The predicted molar refractivity (Wildman–Crippen MR) is 93.7 cm³/mol. The molecule has 0 unspecified atom stereocenters. The van der Waals surface area contributed by atoms with Gasteiger partial charge in [-0.05, 0) is 24.5 Å². The maximum atomic E-state index is 12.3. The maximum absolute atomic E-state index is 12.3. The second-order valence-electron chi connectivity index (χ2n) is 6.56. The zero-order chi connectivity index (χ0) is 16.1. The first kappa shape index (κ1) is 16.6. The van der Waals surface area contributed by atoms with Crippen LogP contribution in [0.1, 0.15) is 37.7 Å². The van der Waals surface area contributed by atoms with Crippen LogP contribution < -0.4 is 5.32 Å². The lowest BCUT2D eigenvalue weighted by atomic mass is 9.94. The summed E-state index contributed by atoms with van der Waals surface area (Å²) in [5, 5.41) is 3.69. The molecule has 1 N–H and O–H groups in total. The molecule has 0 spiro atoms. The topological polar surface area (TPSA) is 35.6 Å². The van der Waals surface area contributed by atoms with Crippen LogP contribution >= 0.6 is 11.6 Å². The van der Waals surface area contributed by atoms with Gasteiger partial charge in [-0.2, -0.15) is 0 Å². The molecule has 2 aliphatic rings. The number of carbonyl (C=O) groups excluding carboxylic acids is 1. The molecule has 1 saturated carbocycles. The molecule has 1 aromatic carbocycles. The summed E-state index contributed by atoms with van der Waals surface area (Å²) >= 11 is 6.13. The quantitative estimate of drug-likeness (QED) is 0.917. The fourth-order valence-electron chi connectivity index (χ4n) is 3.66. The van der Waals surface area contributed by atoms with Gasteiger partial charge in [0, 0.05) is 43.8 Å². The number of nitrogens with one attached hydrogen (secondary N) is 1. The summed E-state index contributed by atoms with van der Waals surface area (Å²) in [5.74, 6) is 0. The molecule has 2 amide bonds. The Balaban J connectivity index is 1.44. The average Bonchev–Trinajstić information content (AvgIpc) is 2.62. The summed E-state index contributed by atoms with van der Waals surface area (Å²) in [5.41, 5.74) is 0.961. The minimum absolute atomic E-state index is 0.0215. The van der Waals surface area contributed by atoms with E-state index in [2.05, 4.69) is 10.2 Å². The van der Waals surface area contributed by atoms with E-state index in [-0.39, 0.29) is 6.03 Å². The molecule has 23 heavy (non-hydrogen) atoms. The molecule has 1 aromatic rings. The van der Waals surface area contributed by atoms with Crippen LogP contribution in [0.3, 0.4) is 0 Å². The van der Waals surface area contributed by atoms with Crippen molar-refractivity contribution in [2.45, 2.75) is 44.7 Å². The van der Waals surface area contributed by atoms with Crippen LogP contribution in [0.4, 0.5) is 4.79 Å². The molecule has 1 saturated heterocycles. The van der Waals surface area contributed by atoms with E-state index in [9.17, 15) is 4.79 Å². The van der Waals surface area contributed by atoms with Gasteiger partial charge >= 0.3 is 6.03 Å². The van der Waals surface area contributed by atoms with Gasteiger partial charge in [0.05, 0.1) is 0 Å². The third-order valence-electron chi connectivity index (χ3n) is 5.08. The summed E-state index contributed by atoms with van der Waals surface area (Å²) in [6, 6.07) is 8.41. The molecule has 0 bridgehead atoms. The molecule has 3 rings (SSSR count). The molecule has 1 heterocycles. The molecule has 0 aromatic heterocycles. The highest BCUT2D eigenvalue weighted by atomic mass is 35.5. The van der Waals surface area contributed by atoms with E-state index in [0.717, 1.165) is 37.8 Å². The van der Waals surface area contributed by atoms with Crippen molar-refractivity contribution in [3.63, 3.8) is 0 Å². The second kappa shape index (κ2) is 8.02. The summed E-state index contributed by atoms with van der Waals surface area (Å²) in [7, 11) is 0. The maximum Gasteiger partial charge on any atom is 0.317 e. The smallest absolute Gasteiger partial charge is 0.317 e. The molecule has 0 radical (unpaired) electrons. The number of hydrogen-bond donors (Lipinski definition) is 1. The van der Waals surface area contributed by atoms with Crippen molar-refractivity contribution >= 4 is 17.6 Å². The minimum atomic E-state index is 0.0215. The van der Waals surface area contributed by atoms with Crippen LogP contribution in [-0.4, -0.2) is 48.1 Å². The van der Waals surface area contributed by atoms with Gasteiger partial charge in [0.2, 0.25) is 0 Å². The largest absolute Gasteiger partial charge is 0.334 e. The Kier molecular flexibility index (Phi) is 5.79. The highest BCUT2D eigenvalue weighted by Gasteiger charge is 2.26. The number of urea groups is 1. The SMILES string of the molecule is O=C(NCc1ccccc1Cl)N1CCN(C2CCCCC2)CC1. The first-order valence-electron chi connectivity index (χ1n) is 8.74. The number of halogens is 1. The van der Waals surface area contributed by atoms with Gasteiger partial charge in [0.1, 0.15) is 0 Å². The number of piperazine rings is 1. The lowest BCUT2D eigenvalue weighted by Crippen LogP contribution is -2.54. The number of hydrogen-bond acceptors (Lipinski definition) is 2. The van der Waals surface area contributed by atoms with Crippen molar-refractivity contribution < 1.29 is 4.79 Å². The number of benzene rings is 1. The van der Waals surface area contributed by atoms with Crippen LogP contribution in [0, 0.1) is 0 Å². The zero-order valence-electron chi connectivity index (χ0n) is 13.6. The normalized spacial score (nSPS) is 20.5. The minimum Gasteiger partial charge on any atom is -0.334 e. The van der Waals surface area contributed by atoms with Crippen LogP contribution in [-0.2, 0) is 6.54 Å². The second-order valence-corrected chi connectivity index (χ2v) is 6.97. The van der Waals surface area contributed by atoms with E-state index < -0.39 is 0 Å². The molecule has 2 fully saturated rings. The molecule has 1 aliphatic heterocycles. The fraction of sp³-hybridized carbons (Fsp3) is 0.611. The zero-order valence-corrected chi connectivity index (χ0v) is 14.4. The highest BCUT2D eigenvalue weighted by molar-refractivity contribution is 6.31. The van der Waals surface area contributed by atoms with Crippen molar-refractivity contribution in [3.8, 4) is 0 Å². The molecule has 4 nitrogen and oxygen atoms in total. The van der Waals surface area contributed by atoms with Crippen LogP contribution in [0.2, 0.25) is 5.02 Å². The molecule has 0 atom stereocenters. The van der Waals surface area contributed by atoms with Crippen LogP contribution in [0.5, 0.6) is 0 Å². The van der Waals surface area contributed by atoms with Crippen molar-refractivity contribution in [3.05, 3.63) is 34.9 Å². The van der Waals surface area contributed by atoms with E-state index in [0.29, 0.717) is 11.6 Å². The first-order chi connectivity index (χ1) is 11.2. The number of nitrogens with zero attached hydrogens (tertiary/aromatic N) is 2. The number of amides is 2. The summed E-state index contributed by atoms with van der Waals surface area (Å²) in [4.78, 5) is 16.8. The molecule has 126 valence electrons. The van der Waals surface area contributed by atoms with Crippen LogP contribution in [0.25, 0.3) is 0 Å². The van der Waals surface area contributed by atoms with Gasteiger partial charge < -0.3 is 10.2 Å². The van der Waals surface area contributed by atoms with Gasteiger partial charge in [-0.15, -0.1) is 0 Å². The third kappa shape index (κ3) is 4.39. The molecule has 5 heteroatoms. The Morgan fingerprint density at radius 2 is 1.78 bits per heavy atom. The fourth-order valence-corrected chi connectivity index (χ4v) is 3.86. The van der Waals surface area contributed by atoms with E-state index >= 15 is 0 Å². The monoisotopic (exact) mass is 335 g/mol. The van der Waals surface area contributed by atoms with E-state index in [1.54, 1.807) is 0 Å². The van der Waals surface area contributed by atoms with Crippen molar-refractivity contribution in [1.29, 1.82) is 0 Å². The van der Waals surface area contributed by atoms with E-state index in [4.69, 9.17) is 11.6 Å². The number of rotatable bonds is 3. The molecular weight excluding hydrogens is 310 g/mol. The number of carbonyl (C=O) groups is 1. The van der Waals surface area contributed by atoms with Crippen molar-refractivity contribution in [2.24, 2.45) is 0 Å². The predicted octanol–water partition coefficient (Wildman–Crippen LogP) is 3.50. The Hall–Kier alpha value is -1.26.